The van der Waals surface area contributed by atoms with Crippen LogP contribution in [0.25, 0.3) is 11.5 Å². The average Bonchev–Trinajstić information content (AvgIpc) is 2.79. The number of methoxy groups -OCH3 is 1. The summed E-state index contributed by atoms with van der Waals surface area (Å²) in [5.74, 6) is 0.0925. The van der Waals surface area contributed by atoms with Crippen molar-refractivity contribution in [3.63, 3.8) is 0 Å². The highest BCUT2D eigenvalue weighted by Gasteiger charge is 2.15. The van der Waals surface area contributed by atoms with Crippen molar-refractivity contribution in [1.29, 1.82) is 0 Å². The molecule has 5 heteroatoms. The van der Waals surface area contributed by atoms with Crippen molar-refractivity contribution in [3.05, 3.63) is 35.2 Å². The van der Waals surface area contributed by atoms with Gasteiger partial charge in [-0.2, -0.15) is 0 Å². The van der Waals surface area contributed by atoms with Crippen molar-refractivity contribution in [1.82, 2.24) is 4.98 Å². The maximum atomic E-state index is 10.6. The Kier molecular flexibility index (Phi) is 3.55. The Labute approximate surface area is 110 Å². The van der Waals surface area contributed by atoms with Gasteiger partial charge in [-0.3, -0.25) is 4.79 Å². The van der Waals surface area contributed by atoms with Crippen LogP contribution in [0.5, 0.6) is 5.75 Å². The predicted octanol–water partition coefficient (Wildman–Crippen LogP) is 2.59. The van der Waals surface area contributed by atoms with Crippen LogP contribution in [0.4, 0.5) is 0 Å². The lowest BCUT2D eigenvalue weighted by Gasteiger charge is -2.09. The summed E-state index contributed by atoms with van der Waals surface area (Å²) < 4.78 is 10.6. The van der Waals surface area contributed by atoms with Crippen molar-refractivity contribution in [2.24, 2.45) is 0 Å². The lowest BCUT2D eigenvalue weighted by Crippen LogP contribution is -2.00. The first kappa shape index (κ1) is 13.1. The zero-order chi connectivity index (χ0) is 14.0. The molecule has 1 aromatic heterocycles. The lowest BCUT2D eigenvalue weighted by molar-refractivity contribution is -0.136. The van der Waals surface area contributed by atoms with Gasteiger partial charge in [0.2, 0.25) is 5.89 Å². The summed E-state index contributed by atoms with van der Waals surface area (Å²) in [5, 5.41) is 8.72. The number of carboxylic acids is 1. The molecule has 2 aromatic rings. The first-order valence-electron chi connectivity index (χ1n) is 5.83. The van der Waals surface area contributed by atoms with E-state index in [0.29, 0.717) is 17.3 Å². The van der Waals surface area contributed by atoms with Gasteiger partial charge in [0.25, 0.3) is 0 Å². The number of aryl methyl sites for hydroxylation is 2. The number of carbonyl (C=O) groups is 1. The molecule has 0 saturated heterocycles. The van der Waals surface area contributed by atoms with Gasteiger partial charge in [-0.15, -0.1) is 0 Å². The highest BCUT2D eigenvalue weighted by molar-refractivity contribution is 5.70. The van der Waals surface area contributed by atoms with Gasteiger partial charge in [-0.1, -0.05) is 0 Å². The standard InChI is InChI=1S/C14H15NO4/c1-8-4-11(12(18-3)5-9(8)2)14-15-10(7-19-14)6-13(16)17/h4-5,7H,6H2,1-3H3,(H,16,17). The maximum Gasteiger partial charge on any atom is 0.309 e. The molecule has 2 rings (SSSR count). The first-order chi connectivity index (χ1) is 9.01. The monoisotopic (exact) mass is 261 g/mol. The minimum atomic E-state index is -0.938. The van der Waals surface area contributed by atoms with Crippen LogP contribution in [-0.2, 0) is 11.2 Å². The van der Waals surface area contributed by atoms with E-state index in [9.17, 15) is 4.79 Å². The Morgan fingerprint density at radius 2 is 2.05 bits per heavy atom. The molecule has 1 aromatic carbocycles. The Bertz CT molecular complexity index is 616. The van der Waals surface area contributed by atoms with Gasteiger partial charge in [0.05, 0.1) is 24.8 Å². The van der Waals surface area contributed by atoms with E-state index in [1.807, 2.05) is 26.0 Å². The van der Waals surface area contributed by atoms with Crippen LogP contribution in [-0.4, -0.2) is 23.2 Å². The smallest absolute Gasteiger partial charge is 0.309 e. The van der Waals surface area contributed by atoms with Crippen LogP contribution in [0.15, 0.2) is 22.8 Å². The van der Waals surface area contributed by atoms with E-state index < -0.39 is 5.97 Å². The lowest BCUT2D eigenvalue weighted by atomic mass is 10.1. The van der Waals surface area contributed by atoms with Crippen molar-refractivity contribution in [2.75, 3.05) is 7.11 Å². The van der Waals surface area contributed by atoms with Crippen LogP contribution in [0, 0.1) is 13.8 Å². The Morgan fingerprint density at radius 3 is 2.68 bits per heavy atom. The molecule has 0 aliphatic carbocycles. The van der Waals surface area contributed by atoms with E-state index >= 15 is 0 Å². The van der Waals surface area contributed by atoms with Crippen LogP contribution < -0.4 is 4.74 Å². The topological polar surface area (TPSA) is 72.6 Å². The van der Waals surface area contributed by atoms with E-state index in [-0.39, 0.29) is 6.42 Å². The SMILES string of the molecule is COc1cc(C)c(C)cc1-c1nc(CC(=O)O)co1. The largest absolute Gasteiger partial charge is 0.496 e. The summed E-state index contributed by atoms with van der Waals surface area (Å²) in [6, 6.07) is 3.83. The summed E-state index contributed by atoms with van der Waals surface area (Å²) in [4.78, 5) is 14.8. The van der Waals surface area contributed by atoms with Gasteiger partial charge >= 0.3 is 5.97 Å². The van der Waals surface area contributed by atoms with Crippen molar-refractivity contribution >= 4 is 5.97 Å². The fourth-order valence-corrected chi connectivity index (χ4v) is 1.79. The highest BCUT2D eigenvalue weighted by atomic mass is 16.5. The minimum Gasteiger partial charge on any atom is -0.496 e. The molecule has 5 nitrogen and oxygen atoms in total. The number of hydrogen-bond donors (Lipinski definition) is 1. The third kappa shape index (κ3) is 2.76. The molecule has 19 heavy (non-hydrogen) atoms. The number of hydrogen-bond acceptors (Lipinski definition) is 4. The van der Waals surface area contributed by atoms with Gasteiger partial charge in [0, 0.05) is 0 Å². The number of rotatable bonds is 4. The molecule has 0 fully saturated rings. The predicted molar refractivity (Wildman–Crippen MR) is 69.3 cm³/mol. The van der Waals surface area contributed by atoms with E-state index in [1.165, 1.54) is 6.26 Å². The second-order valence-corrected chi connectivity index (χ2v) is 4.35. The molecule has 0 aliphatic heterocycles. The second-order valence-electron chi connectivity index (χ2n) is 4.35. The Hall–Kier alpha value is -2.30. The summed E-state index contributed by atoms with van der Waals surface area (Å²) in [6.45, 7) is 3.98. The minimum absolute atomic E-state index is 0.156. The quantitative estimate of drug-likeness (QED) is 0.915. The number of oxazole rings is 1. The van der Waals surface area contributed by atoms with Crippen LogP contribution >= 0.6 is 0 Å². The van der Waals surface area contributed by atoms with Crippen LogP contribution in [0.3, 0.4) is 0 Å². The average molecular weight is 261 g/mol. The van der Waals surface area contributed by atoms with E-state index in [2.05, 4.69) is 4.98 Å². The third-order valence-electron chi connectivity index (χ3n) is 2.93. The van der Waals surface area contributed by atoms with Crippen molar-refractivity contribution in [2.45, 2.75) is 20.3 Å². The maximum absolute atomic E-state index is 10.6. The Morgan fingerprint density at radius 1 is 1.37 bits per heavy atom. The number of ether oxygens (including phenoxy) is 1. The van der Waals surface area contributed by atoms with Gasteiger partial charge < -0.3 is 14.3 Å². The molecule has 0 amide bonds. The molecule has 1 heterocycles. The van der Waals surface area contributed by atoms with Gasteiger partial charge in [-0.05, 0) is 37.1 Å². The number of benzene rings is 1. The molecule has 0 aliphatic rings. The molecule has 0 unspecified atom stereocenters. The van der Waals surface area contributed by atoms with Crippen molar-refractivity contribution < 1.29 is 19.1 Å². The summed E-state index contributed by atoms with van der Waals surface area (Å²) in [6.07, 6.45) is 1.20. The normalized spacial score (nSPS) is 10.5. The summed E-state index contributed by atoms with van der Waals surface area (Å²) >= 11 is 0. The zero-order valence-corrected chi connectivity index (χ0v) is 11.1. The van der Waals surface area contributed by atoms with Gasteiger partial charge in [0.1, 0.15) is 12.0 Å². The van der Waals surface area contributed by atoms with E-state index in [1.54, 1.807) is 7.11 Å². The number of aliphatic carboxylic acids is 1. The second kappa shape index (κ2) is 5.14. The molecular formula is C14H15NO4. The summed E-state index contributed by atoms with van der Waals surface area (Å²) in [7, 11) is 1.58. The van der Waals surface area contributed by atoms with Crippen LogP contribution in [0.1, 0.15) is 16.8 Å². The summed E-state index contributed by atoms with van der Waals surface area (Å²) in [5.41, 5.74) is 3.32. The number of carboxylic acid groups (broad SMARTS) is 1. The number of nitrogens with zero attached hydrogens (tertiary/aromatic N) is 1. The fourth-order valence-electron chi connectivity index (χ4n) is 1.79. The third-order valence-corrected chi connectivity index (χ3v) is 2.93. The Balaban J connectivity index is 2.43. The molecule has 0 bridgehead atoms. The van der Waals surface area contributed by atoms with Crippen LogP contribution in [0.2, 0.25) is 0 Å². The molecule has 1 N–H and O–H groups in total. The molecule has 0 radical (unpaired) electrons. The van der Waals surface area contributed by atoms with Crippen molar-refractivity contribution in [3.8, 4) is 17.2 Å². The number of aromatic nitrogens is 1. The molecule has 0 atom stereocenters. The first-order valence-corrected chi connectivity index (χ1v) is 5.83. The molecule has 100 valence electrons. The van der Waals surface area contributed by atoms with E-state index in [0.717, 1.165) is 16.7 Å². The molecular weight excluding hydrogens is 246 g/mol. The zero-order valence-electron chi connectivity index (χ0n) is 11.1. The molecule has 0 spiro atoms. The highest BCUT2D eigenvalue weighted by Crippen LogP contribution is 2.32. The van der Waals surface area contributed by atoms with Gasteiger partial charge in [-0.25, -0.2) is 4.98 Å². The van der Waals surface area contributed by atoms with E-state index in [4.69, 9.17) is 14.3 Å². The van der Waals surface area contributed by atoms with Gasteiger partial charge in [0.15, 0.2) is 0 Å². The molecule has 0 saturated carbocycles. The fraction of sp³-hybridized carbons (Fsp3) is 0.286.